The molecule has 4 rings (SSSR count). The van der Waals surface area contributed by atoms with Gasteiger partial charge in [0.15, 0.2) is 5.65 Å². The third-order valence-corrected chi connectivity index (χ3v) is 4.96. The predicted octanol–water partition coefficient (Wildman–Crippen LogP) is 2.99. The van der Waals surface area contributed by atoms with Crippen LogP contribution in [0.25, 0.3) is 11.0 Å². The van der Waals surface area contributed by atoms with E-state index in [1.165, 1.54) is 24.3 Å². The smallest absolute Gasteiger partial charge is 0.293 e. The Morgan fingerprint density at radius 2 is 1.89 bits per heavy atom. The second kappa shape index (κ2) is 6.94. The van der Waals surface area contributed by atoms with Crippen LogP contribution in [0, 0.1) is 11.7 Å². The van der Waals surface area contributed by atoms with E-state index in [0.29, 0.717) is 17.3 Å². The number of nitrogens with one attached hydrogen (secondary N) is 1. The number of anilines is 2. The highest BCUT2D eigenvalue weighted by molar-refractivity contribution is 6.03. The number of fused-ring (bicyclic) bond motifs is 1. The number of hydrogen-bond acceptors (Lipinski definition) is 5. The molecule has 1 aromatic carbocycles. The molecule has 0 radical (unpaired) electrons. The van der Waals surface area contributed by atoms with Crippen LogP contribution in [-0.4, -0.2) is 38.7 Å². The number of amides is 1. The number of piperidine rings is 1. The van der Waals surface area contributed by atoms with Crippen molar-refractivity contribution in [3.05, 3.63) is 42.1 Å². The molecular formula is C19H21FN6O. The second-order valence-electron chi connectivity index (χ2n) is 7.01. The first-order chi connectivity index (χ1) is 13.0. The van der Waals surface area contributed by atoms with Crippen LogP contribution in [0.3, 0.4) is 0 Å². The van der Waals surface area contributed by atoms with Crippen LogP contribution in [0.1, 0.15) is 30.4 Å². The van der Waals surface area contributed by atoms with Crippen LogP contribution in [-0.2, 0) is 7.05 Å². The van der Waals surface area contributed by atoms with E-state index >= 15 is 0 Å². The molecule has 0 saturated carbocycles. The van der Waals surface area contributed by atoms with E-state index in [1.807, 2.05) is 0 Å². The third-order valence-electron chi connectivity index (χ3n) is 4.96. The number of halogens is 1. The van der Waals surface area contributed by atoms with Crippen LogP contribution < -0.4 is 10.2 Å². The van der Waals surface area contributed by atoms with E-state index in [9.17, 15) is 9.18 Å². The van der Waals surface area contributed by atoms with E-state index < -0.39 is 5.91 Å². The molecule has 1 N–H and O–H groups in total. The Morgan fingerprint density at radius 3 is 2.59 bits per heavy atom. The summed E-state index contributed by atoms with van der Waals surface area (Å²) in [4.78, 5) is 23.8. The lowest BCUT2D eigenvalue weighted by Crippen LogP contribution is -2.34. The van der Waals surface area contributed by atoms with E-state index in [4.69, 9.17) is 0 Å². The summed E-state index contributed by atoms with van der Waals surface area (Å²) in [5.41, 5.74) is 1.10. The Hall–Kier alpha value is -3.03. The number of aryl methyl sites for hydroxylation is 1. The summed E-state index contributed by atoms with van der Waals surface area (Å²) in [6, 6.07) is 5.59. The van der Waals surface area contributed by atoms with Gasteiger partial charge in [0.05, 0.1) is 11.6 Å². The van der Waals surface area contributed by atoms with E-state index in [1.54, 1.807) is 17.9 Å². The minimum absolute atomic E-state index is 0.0732. The lowest BCUT2D eigenvalue weighted by molar-refractivity contribution is 0.101. The number of nitrogens with zero attached hydrogens (tertiary/aromatic N) is 5. The van der Waals surface area contributed by atoms with Crippen molar-refractivity contribution in [1.29, 1.82) is 0 Å². The van der Waals surface area contributed by atoms with Gasteiger partial charge in [0.1, 0.15) is 11.6 Å². The Bertz CT molecular complexity index is 976. The minimum Gasteiger partial charge on any atom is -0.356 e. The van der Waals surface area contributed by atoms with Gasteiger partial charge in [-0.15, -0.1) is 0 Å². The second-order valence-corrected chi connectivity index (χ2v) is 7.01. The molecule has 1 amide bonds. The number of benzene rings is 1. The lowest BCUT2D eigenvalue weighted by Gasteiger charge is -2.31. The van der Waals surface area contributed by atoms with Crippen LogP contribution in [0.2, 0.25) is 0 Å². The van der Waals surface area contributed by atoms with Crippen LogP contribution in [0.5, 0.6) is 0 Å². The molecule has 3 heterocycles. The fourth-order valence-corrected chi connectivity index (χ4v) is 3.29. The Kier molecular flexibility index (Phi) is 4.47. The zero-order valence-corrected chi connectivity index (χ0v) is 15.3. The molecule has 27 heavy (non-hydrogen) atoms. The Balaban J connectivity index is 1.69. The van der Waals surface area contributed by atoms with Gasteiger partial charge in [-0.05, 0) is 43.0 Å². The standard InChI is InChI=1S/C19H21FN6O/c1-12-7-9-26(10-8-12)18-15-11-21-25(2)17(15)23-16(24-18)19(27)22-14-5-3-13(20)4-6-14/h3-6,11-12H,7-10H2,1-2H3,(H,22,27). The number of aromatic nitrogens is 4. The van der Waals surface area contributed by atoms with Crippen LogP contribution in [0.15, 0.2) is 30.5 Å². The highest BCUT2D eigenvalue weighted by Crippen LogP contribution is 2.28. The molecule has 0 spiro atoms. The van der Waals surface area contributed by atoms with Gasteiger partial charge in [0.25, 0.3) is 5.91 Å². The summed E-state index contributed by atoms with van der Waals surface area (Å²) in [6.07, 6.45) is 3.91. The zero-order valence-electron chi connectivity index (χ0n) is 15.3. The topological polar surface area (TPSA) is 75.9 Å². The maximum absolute atomic E-state index is 13.1. The van der Waals surface area contributed by atoms with Gasteiger partial charge in [-0.1, -0.05) is 6.92 Å². The van der Waals surface area contributed by atoms with Gasteiger partial charge in [-0.3, -0.25) is 9.48 Å². The predicted molar refractivity (Wildman–Crippen MR) is 101 cm³/mol. The van der Waals surface area contributed by atoms with Crippen molar-refractivity contribution in [1.82, 2.24) is 19.7 Å². The average molecular weight is 368 g/mol. The average Bonchev–Trinajstić information content (AvgIpc) is 3.05. The summed E-state index contributed by atoms with van der Waals surface area (Å²) >= 11 is 0. The molecule has 1 fully saturated rings. The van der Waals surface area contributed by atoms with E-state index in [-0.39, 0.29) is 11.6 Å². The van der Waals surface area contributed by atoms with Gasteiger partial charge in [-0.25, -0.2) is 14.4 Å². The van der Waals surface area contributed by atoms with Gasteiger partial charge in [0, 0.05) is 25.8 Å². The molecular weight excluding hydrogens is 347 g/mol. The highest BCUT2D eigenvalue weighted by Gasteiger charge is 2.23. The SMILES string of the molecule is CC1CCN(c2nc(C(=O)Nc3ccc(F)cc3)nc3c2cnn3C)CC1. The first kappa shape index (κ1) is 17.4. The molecule has 2 aromatic heterocycles. The van der Waals surface area contributed by atoms with Crippen LogP contribution in [0.4, 0.5) is 15.9 Å². The number of hydrogen-bond donors (Lipinski definition) is 1. The van der Waals surface area contributed by atoms with Gasteiger partial charge < -0.3 is 10.2 Å². The highest BCUT2D eigenvalue weighted by atomic mass is 19.1. The van der Waals surface area contributed by atoms with E-state index in [0.717, 1.165) is 37.1 Å². The molecule has 7 nitrogen and oxygen atoms in total. The fraction of sp³-hybridized carbons (Fsp3) is 0.368. The van der Waals surface area contributed by atoms with Gasteiger partial charge in [0.2, 0.25) is 5.82 Å². The normalized spacial score (nSPS) is 15.3. The molecule has 0 aliphatic carbocycles. The summed E-state index contributed by atoms with van der Waals surface area (Å²) in [6.45, 7) is 4.03. The first-order valence-corrected chi connectivity index (χ1v) is 9.03. The molecule has 3 aromatic rings. The van der Waals surface area contributed by atoms with E-state index in [2.05, 4.69) is 32.2 Å². The molecule has 140 valence electrons. The number of carbonyl (C=O) groups is 1. The monoisotopic (exact) mass is 368 g/mol. The van der Waals surface area contributed by atoms with Crippen molar-refractivity contribution in [2.45, 2.75) is 19.8 Å². The molecule has 1 aliphatic heterocycles. The minimum atomic E-state index is -0.434. The summed E-state index contributed by atoms with van der Waals surface area (Å²) in [5, 5.41) is 7.83. The maximum atomic E-state index is 13.1. The number of rotatable bonds is 3. The van der Waals surface area contributed by atoms with Crippen LogP contribution >= 0.6 is 0 Å². The number of carbonyl (C=O) groups excluding carboxylic acids is 1. The van der Waals surface area contributed by atoms with Crippen molar-refractivity contribution in [3.8, 4) is 0 Å². The van der Waals surface area contributed by atoms with Crippen molar-refractivity contribution in [3.63, 3.8) is 0 Å². The lowest BCUT2D eigenvalue weighted by atomic mass is 9.99. The largest absolute Gasteiger partial charge is 0.356 e. The molecule has 0 atom stereocenters. The third kappa shape index (κ3) is 3.47. The zero-order chi connectivity index (χ0) is 19.0. The molecule has 1 saturated heterocycles. The summed E-state index contributed by atoms with van der Waals surface area (Å²) in [5.74, 6) is 0.709. The Labute approximate surface area is 156 Å². The van der Waals surface area contributed by atoms with Crippen molar-refractivity contribution in [2.75, 3.05) is 23.3 Å². The molecule has 0 unspecified atom stereocenters. The molecule has 0 bridgehead atoms. The van der Waals surface area contributed by atoms with Crippen molar-refractivity contribution >= 4 is 28.4 Å². The van der Waals surface area contributed by atoms with Crippen molar-refractivity contribution in [2.24, 2.45) is 13.0 Å². The summed E-state index contributed by atoms with van der Waals surface area (Å²) in [7, 11) is 1.79. The summed E-state index contributed by atoms with van der Waals surface area (Å²) < 4.78 is 14.7. The first-order valence-electron chi connectivity index (χ1n) is 9.03. The van der Waals surface area contributed by atoms with Crippen molar-refractivity contribution < 1.29 is 9.18 Å². The fourth-order valence-electron chi connectivity index (χ4n) is 3.29. The molecule has 1 aliphatic rings. The molecule has 8 heteroatoms. The van der Waals surface area contributed by atoms with Gasteiger partial charge >= 0.3 is 0 Å². The quantitative estimate of drug-likeness (QED) is 0.769. The maximum Gasteiger partial charge on any atom is 0.293 e. The Morgan fingerprint density at radius 1 is 1.19 bits per heavy atom. The van der Waals surface area contributed by atoms with Gasteiger partial charge in [-0.2, -0.15) is 5.10 Å².